The van der Waals surface area contributed by atoms with Gasteiger partial charge >= 0.3 is 0 Å². The molecule has 15 heteroatoms. The van der Waals surface area contributed by atoms with Crippen molar-refractivity contribution in [3.8, 4) is 28.7 Å². The van der Waals surface area contributed by atoms with E-state index in [1.54, 1.807) is 12.1 Å². The molecule has 0 aromatic heterocycles. The molecule has 0 saturated carbocycles. The molecule has 9 aromatic rings. The minimum atomic E-state index is -0.960. The van der Waals surface area contributed by atoms with Gasteiger partial charge in [0.15, 0.2) is 0 Å². The van der Waals surface area contributed by atoms with E-state index in [-0.39, 0.29) is 87.6 Å². The van der Waals surface area contributed by atoms with Crippen molar-refractivity contribution >= 4 is 29.3 Å². The summed E-state index contributed by atoms with van der Waals surface area (Å²) < 4.78 is 36.6. The standard InChI is InChI=1S/C84H80N2O13/c1-6-43-85-77(90)73-71-63-15-7-11-19-67(63)83(75(73)79(85)92,68-20-12-8-16-64(68)71)48-98-61-39-27-53(28-40-61)81(2,3)51-23-35-59(36-24-51)96-46-57(88)44-94-50-95-45-58(89)47-97-60-37-25-52(26-38-60)82(4,5)54-29-41-62(42-30-54)99-49-84-69-21-13-9-17-65(69)72(66-18-10-14-22-70(66)84)74-76(84)80(93)86(78(74)91)55-31-33-56(87)34-32-55/h7-42,57-58,71-76,87-89H,6,43-50H2,1-5H3. The van der Waals surface area contributed by atoms with Crippen LogP contribution in [0.2, 0.25) is 0 Å². The molecule has 2 aliphatic heterocycles. The van der Waals surface area contributed by atoms with Gasteiger partial charge in [0.05, 0.1) is 53.4 Å². The van der Waals surface area contributed by atoms with E-state index >= 15 is 0 Å². The number of hydrogen-bond donors (Lipinski definition) is 3. The zero-order valence-electron chi connectivity index (χ0n) is 56.1. The third-order valence-electron chi connectivity index (χ3n) is 22.1. The molecule has 504 valence electrons. The zero-order valence-corrected chi connectivity index (χ0v) is 56.1. The molecule has 99 heavy (non-hydrogen) atoms. The second-order valence-electron chi connectivity index (χ2n) is 28.3. The van der Waals surface area contributed by atoms with E-state index in [1.165, 1.54) is 21.9 Å². The summed E-state index contributed by atoms with van der Waals surface area (Å²) in [4.78, 5) is 60.8. The van der Waals surface area contributed by atoms with Gasteiger partial charge in [0, 0.05) is 29.2 Å². The number of phenolic OH excluding ortho intramolecular Hbond substituents is 1. The van der Waals surface area contributed by atoms with Crippen LogP contribution < -0.4 is 23.8 Å². The smallest absolute Gasteiger partial charge is 0.239 e. The number of carbonyl (C=O) groups is 4. The van der Waals surface area contributed by atoms with Gasteiger partial charge in [0.25, 0.3) is 0 Å². The Hall–Kier alpha value is -9.90. The Morgan fingerprint density at radius 1 is 0.414 bits per heavy atom. The van der Waals surface area contributed by atoms with Gasteiger partial charge in [-0.2, -0.15) is 0 Å². The quantitative estimate of drug-likeness (QED) is 0.0279. The molecule has 2 fully saturated rings. The van der Waals surface area contributed by atoms with Crippen molar-refractivity contribution in [2.75, 3.05) is 57.9 Å². The van der Waals surface area contributed by atoms with Crippen molar-refractivity contribution in [2.45, 2.75) is 86.7 Å². The number of phenols is 1. The Morgan fingerprint density at radius 3 is 1.13 bits per heavy atom. The average Bonchev–Trinajstić information content (AvgIpc) is 1.62. The second-order valence-corrected chi connectivity index (χ2v) is 28.3. The fourth-order valence-electron chi connectivity index (χ4n) is 17.2. The van der Waals surface area contributed by atoms with Crippen molar-refractivity contribution in [3.05, 3.63) is 285 Å². The van der Waals surface area contributed by atoms with Crippen LogP contribution >= 0.6 is 0 Å². The number of nitrogens with zero attached hydrogens (tertiary/aromatic N) is 2. The minimum Gasteiger partial charge on any atom is -0.508 e. The summed E-state index contributed by atoms with van der Waals surface area (Å²) in [6, 6.07) is 70.7. The summed E-state index contributed by atoms with van der Waals surface area (Å²) in [7, 11) is 0. The number of hydrogen-bond acceptors (Lipinski definition) is 13. The highest BCUT2D eigenvalue weighted by molar-refractivity contribution is 6.24. The Morgan fingerprint density at radius 2 is 0.758 bits per heavy atom. The van der Waals surface area contributed by atoms with E-state index in [1.807, 2.05) is 128 Å². The molecule has 4 amide bonds. The number of aliphatic hydroxyl groups excluding tert-OH is 2. The highest BCUT2D eigenvalue weighted by Gasteiger charge is 2.70. The molecule has 6 atom stereocenters. The van der Waals surface area contributed by atoms with Crippen LogP contribution in [-0.4, -0.2) is 109 Å². The molecule has 8 aliphatic rings. The first kappa shape index (κ1) is 65.1. The highest BCUT2D eigenvalue weighted by Crippen LogP contribution is 2.66. The molecule has 4 bridgehead atoms. The summed E-state index contributed by atoms with van der Waals surface area (Å²) in [5.74, 6) is -1.05. The molecular formula is C84H80N2O13. The number of ether oxygens (including phenoxy) is 6. The second kappa shape index (κ2) is 25.8. The number of amides is 4. The van der Waals surface area contributed by atoms with Crippen molar-refractivity contribution in [1.29, 1.82) is 0 Å². The molecule has 6 aliphatic carbocycles. The summed E-state index contributed by atoms with van der Waals surface area (Å²) in [5, 5.41) is 31.5. The topological polar surface area (TPSA) is 191 Å². The van der Waals surface area contributed by atoms with Crippen molar-refractivity contribution < 1.29 is 62.9 Å². The first-order valence-corrected chi connectivity index (χ1v) is 34.3. The first-order valence-electron chi connectivity index (χ1n) is 34.3. The van der Waals surface area contributed by atoms with Crippen molar-refractivity contribution in [3.63, 3.8) is 0 Å². The van der Waals surface area contributed by atoms with Gasteiger partial charge in [-0.25, -0.2) is 4.90 Å². The average molecular weight is 1330 g/mol. The van der Waals surface area contributed by atoms with Gasteiger partial charge in [-0.1, -0.05) is 180 Å². The molecule has 9 aromatic carbocycles. The fraction of sp³-hybridized carbons (Fsp3) is 0.310. The molecule has 0 radical (unpaired) electrons. The van der Waals surface area contributed by atoms with Crippen molar-refractivity contribution in [1.82, 2.24) is 4.90 Å². The molecule has 6 unspecified atom stereocenters. The lowest BCUT2D eigenvalue weighted by Gasteiger charge is -2.53. The SMILES string of the molecule is CCCN1C(=O)C2C3c4ccccc4C(COc4ccc(C(C)(C)c5ccc(OCC(O)COCOCC(O)COc6ccc(C(C)(C)c7ccc(OCC89c%10ccccc%10C(c%10ccccc%108)C8C(=O)N(c%10ccc(O)cc%10)C(=O)C89)cc7)cc6)cc5)cc4)(c4ccccc43)C2C1=O. The lowest BCUT2D eigenvalue weighted by molar-refractivity contribution is -0.140. The number of rotatable bonds is 25. The highest BCUT2D eigenvalue weighted by atomic mass is 16.7. The van der Waals surface area contributed by atoms with Crippen LogP contribution in [0, 0.1) is 23.7 Å². The minimum absolute atomic E-state index is 0.00506. The van der Waals surface area contributed by atoms with Crippen LogP contribution in [0.5, 0.6) is 28.7 Å². The first-order chi connectivity index (χ1) is 47.9. The van der Waals surface area contributed by atoms with Crippen LogP contribution in [0.3, 0.4) is 0 Å². The summed E-state index contributed by atoms with van der Waals surface area (Å²) in [6.45, 7) is 11.1. The third-order valence-corrected chi connectivity index (χ3v) is 22.1. The van der Waals surface area contributed by atoms with E-state index in [4.69, 9.17) is 28.4 Å². The van der Waals surface area contributed by atoms with Crippen LogP contribution in [0.1, 0.15) is 120 Å². The normalized spacial score (nSPS) is 22.8. The Balaban J connectivity index is 0.501. The summed E-state index contributed by atoms with van der Waals surface area (Å²) >= 11 is 0. The number of likely N-dealkylation sites (tertiary alicyclic amines) is 1. The van der Waals surface area contributed by atoms with Crippen molar-refractivity contribution in [2.24, 2.45) is 23.7 Å². The van der Waals surface area contributed by atoms with Gasteiger partial charge in [0.1, 0.15) is 74.2 Å². The predicted octanol–water partition coefficient (Wildman–Crippen LogP) is 12.7. The monoisotopic (exact) mass is 1320 g/mol. The number of benzene rings is 9. The molecule has 3 N–H and O–H groups in total. The maximum Gasteiger partial charge on any atom is 0.239 e. The maximum absolute atomic E-state index is 14.8. The summed E-state index contributed by atoms with van der Waals surface area (Å²) in [6.07, 6.45) is -1.18. The lowest BCUT2D eigenvalue weighted by Crippen LogP contribution is -2.56. The molecule has 2 saturated heterocycles. The largest absolute Gasteiger partial charge is 0.508 e. The third kappa shape index (κ3) is 10.9. The van der Waals surface area contributed by atoms with Crippen LogP contribution in [0.4, 0.5) is 5.69 Å². The number of aliphatic hydroxyl groups is 2. The molecule has 0 spiro atoms. The van der Waals surface area contributed by atoms with Gasteiger partial charge in [-0.15, -0.1) is 0 Å². The molecular weight excluding hydrogens is 1240 g/mol. The number of aromatic hydroxyl groups is 1. The van der Waals surface area contributed by atoms with Gasteiger partial charge < -0.3 is 43.7 Å². The maximum atomic E-state index is 14.8. The van der Waals surface area contributed by atoms with Gasteiger partial charge in [-0.05, 0) is 146 Å². The Labute approximate surface area is 576 Å². The van der Waals surface area contributed by atoms with Crippen LogP contribution in [0.25, 0.3) is 0 Å². The number of imide groups is 2. The number of carbonyl (C=O) groups excluding carboxylic acids is 4. The van der Waals surface area contributed by atoms with E-state index in [0.29, 0.717) is 41.7 Å². The van der Waals surface area contributed by atoms with E-state index in [0.717, 1.165) is 66.8 Å². The van der Waals surface area contributed by atoms with Crippen LogP contribution in [0.15, 0.2) is 218 Å². The number of anilines is 1. The van der Waals surface area contributed by atoms with E-state index in [2.05, 4.69) is 100 Å². The van der Waals surface area contributed by atoms with E-state index in [9.17, 15) is 34.5 Å². The molecule has 15 nitrogen and oxygen atoms in total. The zero-order chi connectivity index (χ0) is 68.5. The van der Waals surface area contributed by atoms with Gasteiger partial charge in [-0.3, -0.25) is 24.1 Å². The van der Waals surface area contributed by atoms with Crippen LogP contribution in [-0.2, 0) is 50.3 Å². The van der Waals surface area contributed by atoms with Gasteiger partial charge in [0.2, 0.25) is 23.6 Å². The molecule has 17 rings (SSSR count). The lowest BCUT2D eigenvalue weighted by atomic mass is 9.47. The fourth-order valence-corrected chi connectivity index (χ4v) is 17.2. The molecule has 2 heterocycles. The Kier molecular flexibility index (Phi) is 16.9. The van der Waals surface area contributed by atoms with E-state index < -0.39 is 57.5 Å². The summed E-state index contributed by atoms with van der Waals surface area (Å²) in [5.41, 5.74) is 10.4. The Bertz CT molecular complexity index is 4440. The predicted molar refractivity (Wildman–Crippen MR) is 373 cm³/mol.